The van der Waals surface area contributed by atoms with Gasteiger partial charge in [0.25, 0.3) is 5.91 Å². The van der Waals surface area contributed by atoms with Crippen LogP contribution in [0.2, 0.25) is 0 Å². The van der Waals surface area contributed by atoms with Crippen LogP contribution in [0, 0.1) is 5.82 Å². The number of amides is 2. The largest absolute Gasteiger partial charge is 0.353 e. The third-order valence-electron chi connectivity index (χ3n) is 4.35. The Morgan fingerprint density at radius 2 is 2.08 bits per heavy atom. The zero-order chi connectivity index (χ0) is 17.8. The SMILES string of the molecule is O=C(CCN1C(=O)C(=Cc2ccccc2F)SC1=S)NC1CCCC1. The molecule has 1 N–H and O–H groups in total. The lowest BCUT2D eigenvalue weighted by Gasteiger charge is -2.16. The smallest absolute Gasteiger partial charge is 0.266 e. The minimum Gasteiger partial charge on any atom is -0.353 e. The summed E-state index contributed by atoms with van der Waals surface area (Å²) in [6.07, 6.45) is 6.08. The van der Waals surface area contributed by atoms with Crippen molar-refractivity contribution >= 4 is 46.2 Å². The molecule has 25 heavy (non-hydrogen) atoms. The van der Waals surface area contributed by atoms with Crippen LogP contribution >= 0.6 is 24.0 Å². The lowest BCUT2D eigenvalue weighted by molar-refractivity contribution is -0.124. The van der Waals surface area contributed by atoms with Crippen molar-refractivity contribution < 1.29 is 14.0 Å². The van der Waals surface area contributed by atoms with E-state index in [2.05, 4.69) is 5.32 Å². The molecule has 1 aromatic carbocycles. The standard InChI is InChI=1S/C18H19FN2O2S2/c19-14-8-4-1-5-12(14)11-15-17(23)21(18(24)25-15)10-9-16(22)20-13-6-2-3-7-13/h1,4-5,8,11,13H,2-3,6-7,9-10H2,(H,20,22). The topological polar surface area (TPSA) is 49.4 Å². The summed E-state index contributed by atoms with van der Waals surface area (Å²) in [6, 6.07) is 6.53. The highest BCUT2D eigenvalue weighted by molar-refractivity contribution is 8.26. The number of halogens is 1. The average molecular weight is 378 g/mol. The zero-order valence-corrected chi connectivity index (χ0v) is 15.3. The second kappa shape index (κ2) is 8.10. The number of nitrogens with one attached hydrogen (secondary N) is 1. The number of thiocarbonyl (C=S) groups is 1. The summed E-state index contributed by atoms with van der Waals surface area (Å²) in [5, 5.41) is 3.00. The summed E-state index contributed by atoms with van der Waals surface area (Å²) in [7, 11) is 0. The molecule has 1 heterocycles. The molecule has 0 bridgehead atoms. The van der Waals surface area contributed by atoms with Gasteiger partial charge in [-0.2, -0.15) is 0 Å². The lowest BCUT2D eigenvalue weighted by atomic mass is 10.2. The lowest BCUT2D eigenvalue weighted by Crippen LogP contribution is -2.37. The Morgan fingerprint density at radius 1 is 1.36 bits per heavy atom. The summed E-state index contributed by atoms with van der Waals surface area (Å²) < 4.78 is 14.2. The van der Waals surface area contributed by atoms with Crippen LogP contribution in [0.25, 0.3) is 6.08 Å². The maximum absolute atomic E-state index is 13.7. The van der Waals surface area contributed by atoms with Crippen molar-refractivity contribution in [3.8, 4) is 0 Å². The van der Waals surface area contributed by atoms with E-state index in [0.717, 1.165) is 37.4 Å². The van der Waals surface area contributed by atoms with Crippen molar-refractivity contribution in [3.05, 3.63) is 40.6 Å². The number of carbonyl (C=O) groups excluding carboxylic acids is 2. The minimum absolute atomic E-state index is 0.0565. The first-order valence-electron chi connectivity index (χ1n) is 8.34. The fourth-order valence-corrected chi connectivity index (χ4v) is 4.31. The van der Waals surface area contributed by atoms with Gasteiger partial charge in [0.2, 0.25) is 5.91 Å². The molecule has 1 aliphatic heterocycles. The quantitative estimate of drug-likeness (QED) is 0.630. The van der Waals surface area contributed by atoms with E-state index in [0.29, 0.717) is 14.8 Å². The van der Waals surface area contributed by atoms with Crippen LogP contribution in [0.5, 0.6) is 0 Å². The van der Waals surface area contributed by atoms with E-state index in [1.54, 1.807) is 18.2 Å². The van der Waals surface area contributed by atoms with E-state index in [4.69, 9.17) is 12.2 Å². The molecular formula is C18H19FN2O2S2. The molecule has 0 radical (unpaired) electrons. The van der Waals surface area contributed by atoms with Gasteiger partial charge < -0.3 is 5.32 Å². The highest BCUT2D eigenvalue weighted by Crippen LogP contribution is 2.33. The molecule has 1 saturated carbocycles. The van der Waals surface area contributed by atoms with Gasteiger partial charge in [-0.1, -0.05) is 55.0 Å². The first-order chi connectivity index (χ1) is 12.0. The number of benzene rings is 1. The fraction of sp³-hybridized carbons (Fsp3) is 0.389. The van der Waals surface area contributed by atoms with E-state index >= 15 is 0 Å². The predicted octanol–water partition coefficient (Wildman–Crippen LogP) is 3.48. The van der Waals surface area contributed by atoms with Gasteiger partial charge in [0.05, 0.1) is 4.91 Å². The Kier molecular flexibility index (Phi) is 5.86. The second-order valence-electron chi connectivity index (χ2n) is 6.15. The highest BCUT2D eigenvalue weighted by atomic mass is 32.2. The fourth-order valence-electron chi connectivity index (χ4n) is 3.01. The van der Waals surface area contributed by atoms with E-state index in [9.17, 15) is 14.0 Å². The van der Waals surface area contributed by atoms with Crippen LogP contribution in [0.3, 0.4) is 0 Å². The first-order valence-corrected chi connectivity index (χ1v) is 9.56. The molecule has 3 rings (SSSR count). The first kappa shape index (κ1) is 18.1. The van der Waals surface area contributed by atoms with E-state index in [1.165, 1.54) is 17.0 Å². The molecule has 2 amide bonds. The number of hydrogen-bond acceptors (Lipinski definition) is 4. The number of carbonyl (C=O) groups is 2. The Morgan fingerprint density at radius 3 is 2.80 bits per heavy atom. The highest BCUT2D eigenvalue weighted by Gasteiger charge is 2.32. The summed E-state index contributed by atoms with van der Waals surface area (Å²) in [5.74, 6) is -0.713. The monoisotopic (exact) mass is 378 g/mol. The Balaban J connectivity index is 1.59. The summed E-state index contributed by atoms with van der Waals surface area (Å²) in [5.41, 5.74) is 0.349. The number of nitrogens with zero attached hydrogens (tertiary/aromatic N) is 1. The second-order valence-corrected chi connectivity index (χ2v) is 7.83. The van der Waals surface area contributed by atoms with Gasteiger partial charge in [0.15, 0.2) is 0 Å². The third kappa shape index (κ3) is 4.46. The van der Waals surface area contributed by atoms with Crippen molar-refractivity contribution in [2.45, 2.75) is 38.1 Å². The van der Waals surface area contributed by atoms with Gasteiger partial charge >= 0.3 is 0 Å². The van der Waals surface area contributed by atoms with Crippen LogP contribution in [0.4, 0.5) is 4.39 Å². The zero-order valence-electron chi connectivity index (χ0n) is 13.7. The molecule has 4 nitrogen and oxygen atoms in total. The summed E-state index contributed by atoms with van der Waals surface area (Å²) >= 11 is 6.38. The minimum atomic E-state index is -0.385. The Hall–Kier alpha value is -1.73. The number of rotatable bonds is 5. The van der Waals surface area contributed by atoms with Gasteiger partial charge in [-0.3, -0.25) is 14.5 Å². The number of hydrogen-bond donors (Lipinski definition) is 1. The van der Waals surface area contributed by atoms with Crippen molar-refractivity contribution in [1.29, 1.82) is 0 Å². The molecule has 0 spiro atoms. The molecule has 1 saturated heterocycles. The third-order valence-corrected chi connectivity index (χ3v) is 5.73. The van der Waals surface area contributed by atoms with Gasteiger partial charge in [-0.05, 0) is 25.0 Å². The van der Waals surface area contributed by atoms with E-state index in [-0.39, 0.29) is 36.6 Å². The molecule has 2 fully saturated rings. The van der Waals surface area contributed by atoms with Crippen LogP contribution < -0.4 is 5.32 Å². The van der Waals surface area contributed by atoms with Gasteiger partial charge in [-0.15, -0.1) is 0 Å². The maximum atomic E-state index is 13.7. The van der Waals surface area contributed by atoms with Crippen molar-refractivity contribution in [1.82, 2.24) is 10.2 Å². The molecule has 132 valence electrons. The molecular weight excluding hydrogens is 359 g/mol. The maximum Gasteiger partial charge on any atom is 0.266 e. The molecule has 0 unspecified atom stereocenters. The molecule has 2 aliphatic rings. The van der Waals surface area contributed by atoms with Gasteiger partial charge in [-0.25, -0.2) is 4.39 Å². The molecule has 1 aromatic rings. The summed E-state index contributed by atoms with van der Waals surface area (Å²) in [6.45, 7) is 0.248. The average Bonchev–Trinajstić information content (AvgIpc) is 3.17. The summed E-state index contributed by atoms with van der Waals surface area (Å²) in [4.78, 5) is 26.3. The van der Waals surface area contributed by atoms with Crippen LogP contribution in [-0.4, -0.2) is 33.6 Å². The Bertz CT molecular complexity index is 730. The van der Waals surface area contributed by atoms with Crippen molar-refractivity contribution in [2.24, 2.45) is 0 Å². The normalized spacial score (nSPS) is 19.9. The van der Waals surface area contributed by atoms with Gasteiger partial charge in [0.1, 0.15) is 10.1 Å². The molecule has 1 aliphatic carbocycles. The van der Waals surface area contributed by atoms with Crippen molar-refractivity contribution in [3.63, 3.8) is 0 Å². The number of thioether (sulfide) groups is 1. The van der Waals surface area contributed by atoms with E-state index < -0.39 is 0 Å². The van der Waals surface area contributed by atoms with Gasteiger partial charge in [0, 0.05) is 24.6 Å². The van der Waals surface area contributed by atoms with Crippen LogP contribution in [-0.2, 0) is 9.59 Å². The Labute approximate surface area is 155 Å². The molecule has 0 atom stereocenters. The van der Waals surface area contributed by atoms with Crippen LogP contribution in [0.15, 0.2) is 29.2 Å². The van der Waals surface area contributed by atoms with Crippen molar-refractivity contribution in [2.75, 3.05) is 6.54 Å². The molecule has 7 heteroatoms. The predicted molar refractivity (Wildman–Crippen MR) is 101 cm³/mol. The molecule has 0 aromatic heterocycles. The van der Waals surface area contributed by atoms with E-state index in [1.807, 2.05) is 0 Å². The van der Waals surface area contributed by atoms with Crippen LogP contribution in [0.1, 0.15) is 37.7 Å².